The van der Waals surface area contributed by atoms with Gasteiger partial charge in [-0.15, -0.1) is 0 Å². The molecule has 24 heavy (non-hydrogen) atoms. The Bertz CT molecular complexity index is 717. The molecule has 1 aromatic carbocycles. The Kier molecular flexibility index (Phi) is 5.10. The molecular formula is C17H24N2O4S. The number of nitrogens with zero attached hydrogens (tertiary/aromatic N) is 1. The van der Waals surface area contributed by atoms with Gasteiger partial charge >= 0.3 is 0 Å². The normalized spacial score (nSPS) is 20.8. The van der Waals surface area contributed by atoms with Crippen LogP contribution in [0.1, 0.15) is 30.4 Å². The quantitative estimate of drug-likeness (QED) is 0.778. The summed E-state index contributed by atoms with van der Waals surface area (Å²) in [6.07, 6.45) is 5.89. The fourth-order valence-corrected chi connectivity index (χ4v) is 4.62. The van der Waals surface area contributed by atoms with Gasteiger partial charge < -0.3 is 10.1 Å². The van der Waals surface area contributed by atoms with Crippen molar-refractivity contribution in [2.75, 3.05) is 26.0 Å². The Morgan fingerprint density at radius 3 is 2.88 bits per heavy atom. The second kappa shape index (κ2) is 7.11. The second-order valence-electron chi connectivity index (χ2n) is 6.46. The summed E-state index contributed by atoms with van der Waals surface area (Å²) in [5.74, 6) is 0.582. The number of carbonyl (C=O) groups excluding carboxylic acids is 1. The second-order valence-corrected chi connectivity index (χ2v) is 8.39. The highest BCUT2D eigenvalue weighted by atomic mass is 32.2. The standard InChI is InChI=1S/C17H24N2O4S/c1-24(21,22)19-10-3-6-16(19)17(20)18-9-11-23-15-8-7-13-4-2-5-14(13)12-15/h7-8,12,16H,2-6,9-11H2,1H3,(H,18,20). The van der Waals surface area contributed by atoms with E-state index in [4.69, 9.17) is 4.74 Å². The van der Waals surface area contributed by atoms with E-state index in [9.17, 15) is 13.2 Å². The number of hydrogen-bond acceptors (Lipinski definition) is 4. The fraction of sp³-hybridized carbons (Fsp3) is 0.588. The van der Waals surface area contributed by atoms with Gasteiger partial charge in [0.25, 0.3) is 0 Å². The highest BCUT2D eigenvalue weighted by Crippen LogP contribution is 2.26. The highest BCUT2D eigenvalue weighted by Gasteiger charge is 2.36. The molecule has 6 nitrogen and oxygen atoms in total. The average Bonchev–Trinajstić information content (AvgIpc) is 3.18. The maximum Gasteiger partial charge on any atom is 0.238 e. The van der Waals surface area contributed by atoms with Crippen molar-refractivity contribution in [3.05, 3.63) is 29.3 Å². The predicted octanol–water partition coefficient (Wildman–Crippen LogP) is 1.09. The van der Waals surface area contributed by atoms with Gasteiger partial charge in [-0.2, -0.15) is 4.31 Å². The van der Waals surface area contributed by atoms with E-state index in [1.54, 1.807) is 0 Å². The molecule has 132 valence electrons. The highest BCUT2D eigenvalue weighted by molar-refractivity contribution is 7.88. The first-order chi connectivity index (χ1) is 11.4. The Morgan fingerprint density at radius 2 is 2.08 bits per heavy atom. The van der Waals surface area contributed by atoms with E-state index in [1.165, 1.54) is 21.9 Å². The van der Waals surface area contributed by atoms with Crippen LogP contribution in [-0.2, 0) is 27.7 Å². The summed E-state index contributed by atoms with van der Waals surface area (Å²) in [6.45, 7) is 1.16. The minimum atomic E-state index is -3.33. The van der Waals surface area contributed by atoms with Crippen LogP contribution < -0.4 is 10.1 Å². The molecule has 0 spiro atoms. The molecule has 1 fully saturated rings. The molecule has 1 aromatic rings. The summed E-state index contributed by atoms with van der Waals surface area (Å²) in [7, 11) is -3.33. The van der Waals surface area contributed by atoms with Gasteiger partial charge in [0.2, 0.25) is 15.9 Å². The van der Waals surface area contributed by atoms with Crippen LogP contribution in [0, 0.1) is 0 Å². The van der Waals surface area contributed by atoms with E-state index in [0.717, 1.165) is 31.3 Å². The van der Waals surface area contributed by atoms with Crippen LogP contribution in [0.5, 0.6) is 5.75 Å². The first-order valence-corrected chi connectivity index (χ1v) is 10.3. The van der Waals surface area contributed by atoms with Crippen LogP contribution in [-0.4, -0.2) is 50.6 Å². The molecule has 7 heteroatoms. The average molecular weight is 352 g/mol. The van der Waals surface area contributed by atoms with Crippen molar-refractivity contribution in [3.8, 4) is 5.75 Å². The van der Waals surface area contributed by atoms with Gasteiger partial charge in [0.05, 0.1) is 12.8 Å². The Hall–Kier alpha value is -1.60. The molecule has 1 aliphatic carbocycles. The number of sulfonamides is 1. The van der Waals surface area contributed by atoms with Gasteiger partial charge in [0.15, 0.2) is 0 Å². The molecule has 1 amide bonds. The van der Waals surface area contributed by atoms with E-state index < -0.39 is 16.1 Å². The SMILES string of the molecule is CS(=O)(=O)N1CCCC1C(=O)NCCOc1ccc2c(c1)CCC2. The number of benzene rings is 1. The van der Waals surface area contributed by atoms with Crippen molar-refractivity contribution in [3.63, 3.8) is 0 Å². The third kappa shape index (κ3) is 3.89. The summed E-state index contributed by atoms with van der Waals surface area (Å²) in [5.41, 5.74) is 2.75. The third-order valence-corrected chi connectivity index (χ3v) is 5.96. The van der Waals surface area contributed by atoms with Crippen molar-refractivity contribution < 1.29 is 17.9 Å². The van der Waals surface area contributed by atoms with E-state index in [2.05, 4.69) is 17.4 Å². The number of carbonyl (C=O) groups is 1. The summed E-state index contributed by atoms with van der Waals surface area (Å²) in [6, 6.07) is 5.57. The molecule has 1 atom stereocenters. The summed E-state index contributed by atoms with van der Waals surface area (Å²) >= 11 is 0. The van der Waals surface area contributed by atoms with E-state index >= 15 is 0 Å². The molecule has 1 aliphatic heterocycles. The van der Waals surface area contributed by atoms with Gasteiger partial charge in [-0.1, -0.05) is 6.07 Å². The van der Waals surface area contributed by atoms with Gasteiger partial charge in [0, 0.05) is 6.54 Å². The molecule has 1 unspecified atom stereocenters. The Morgan fingerprint density at radius 1 is 1.29 bits per heavy atom. The molecule has 1 heterocycles. The zero-order valence-electron chi connectivity index (χ0n) is 14.0. The third-order valence-electron chi connectivity index (χ3n) is 4.67. The molecule has 0 saturated carbocycles. The Labute approximate surface area is 143 Å². The van der Waals surface area contributed by atoms with Crippen molar-refractivity contribution in [1.29, 1.82) is 0 Å². The predicted molar refractivity (Wildman–Crippen MR) is 91.5 cm³/mol. The number of ether oxygens (including phenoxy) is 1. The van der Waals surface area contributed by atoms with Crippen molar-refractivity contribution in [1.82, 2.24) is 9.62 Å². The maximum atomic E-state index is 12.2. The molecule has 2 aliphatic rings. The fourth-order valence-electron chi connectivity index (χ4n) is 3.50. The van der Waals surface area contributed by atoms with Crippen LogP contribution >= 0.6 is 0 Å². The van der Waals surface area contributed by atoms with Crippen molar-refractivity contribution in [2.45, 2.75) is 38.1 Å². The molecule has 3 rings (SSSR count). The number of nitrogens with one attached hydrogen (secondary N) is 1. The topological polar surface area (TPSA) is 75.7 Å². The molecule has 1 N–H and O–H groups in total. The van der Waals surface area contributed by atoms with E-state index in [0.29, 0.717) is 26.1 Å². The lowest BCUT2D eigenvalue weighted by Gasteiger charge is -2.21. The van der Waals surface area contributed by atoms with Gasteiger partial charge in [-0.25, -0.2) is 8.42 Å². The van der Waals surface area contributed by atoms with Gasteiger partial charge in [0.1, 0.15) is 18.4 Å². The summed E-state index contributed by atoms with van der Waals surface area (Å²) in [4.78, 5) is 12.2. The minimum Gasteiger partial charge on any atom is -0.492 e. The van der Waals surface area contributed by atoms with Crippen molar-refractivity contribution in [2.24, 2.45) is 0 Å². The summed E-state index contributed by atoms with van der Waals surface area (Å²) < 4.78 is 30.3. The van der Waals surface area contributed by atoms with Crippen LogP contribution in [0.3, 0.4) is 0 Å². The first kappa shape index (κ1) is 17.2. The van der Waals surface area contributed by atoms with Crippen molar-refractivity contribution >= 4 is 15.9 Å². The molecular weight excluding hydrogens is 328 g/mol. The van der Waals surface area contributed by atoms with E-state index in [-0.39, 0.29) is 5.91 Å². The monoisotopic (exact) mass is 352 g/mol. The minimum absolute atomic E-state index is 0.240. The number of rotatable bonds is 6. The van der Waals surface area contributed by atoms with Gasteiger partial charge in [-0.3, -0.25) is 4.79 Å². The molecule has 0 radical (unpaired) electrons. The first-order valence-electron chi connectivity index (χ1n) is 8.44. The lowest BCUT2D eigenvalue weighted by Crippen LogP contribution is -2.46. The zero-order chi connectivity index (χ0) is 17.2. The number of fused-ring (bicyclic) bond motifs is 1. The molecule has 1 saturated heterocycles. The Balaban J connectivity index is 1.45. The van der Waals surface area contributed by atoms with Crippen LogP contribution in [0.25, 0.3) is 0 Å². The number of amides is 1. The van der Waals surface area contributed by atoms with Gasteiger partial charge in [-0.05, 0) is 55.4 Å². The molecule has 0 aromatic heterocycles. The smallest absolute Gasteiger partial charge is 0.238 e. The maximum absolute atomic E-state index is 12.2. The van der Waals surface area contributed by atoms with Crippen LogP contribution in [0.4, 0.5) is 0 Å². The van der Waals surface area contributed by atoms with Crippen LogP contribution in [0.2, 0.25) is 0 Å². The zero-order valence-corrected chi connectivity index (χ0v) is 14.8. The number of hydrogen-bond donors (Lipinski definition) is 1. The lowest BCUT2D eigenvalue weighted by molar-refractivity contribution is -0.124. The lowest BCUT2D eigenvalue weighted by atomic mass is 10.1. The summed E-state index contributed by atoms with van der Waals surface area (Å²) in [5, 5.41) is 2.78. The van der Waals surface area contributed by atoms with E-state index in [1.807, 2.05) is 6.07 Å². The largest absolute Gasteiger partial charge is 0.492 e. The van der Waals surface area contributed by atoms with Crippen LogP contribution in [0.15, 0.2) is 18.2 Å². The molecule has 0 bridgehead atoms. The number of aryl methyl sites for hydroxylation is 2.